The highest BCUT2D eigenvalue weighted by Gasteiger charge is 2.02. The molecule has 0 bridgehead atoms. The Labute approximate surface area is 164 Å². The number of phenols is 2. The highest BCUT2D eigenvalue weighted by Crippen LogP contribution is 2.23. The van der Waals surface area contributed by atoms with Crippen molar-refractivity contribution >= 4 is 24.6 Å². The predicted octanol–water partition coefficient (Wildman–Crippen LogP) is 4.81. The van der Waals surface area contributed by atoms with E-state index >= 15 is 0 Å². The van der Waals surface area contributed by atoms with Gasteiger partial charge in [-0.1, -0.05) is 66.7 Å². The quantitative estimate of drug-likeness (QED) is 0.356. The molecule has 140 valence electrons. The third kappa shape index (κ3) is 5.42. The number of benzene rings is 3. The van der Waals surface area contributed by atoms with E-state index in [4.69, 9.17) is 0 Å². The second kappa shape index (κ2) is 9.88. The van der Waals surface area contributed by atoms with Gasteiger partial charge < -0.3 is 10.2 Å². The first kappa shape index (κ1) is 19.1. The van der Waals surface area contributed by atoms with E-state index in [2.05, 4.69) is 9.98 Å². The van der Waals surface area contributed by atoms with Crippen LogP contribution in [-0.2, 0) is 0 Å². The highest BCUT2D eigenvalue weighted by molar-refractivity contribution is 5.87. The van der Waals surface area contributed by atoms with E-state index in [1.165, 1.54) is 0 Å². The van der Waals surface area contributed by atoms with Crippen LogP contribution < -0.4 is 0 Å². The van der Waals surface area contributed by atoms with Gasteiger partial charge in [0.05, 0.1) is 13.1 Å². The second-order valence-electron chi connectivity index (χ2n) is 6.16. The molecule has 0 fully saturated rings. The smallest absolute Gasteiger partial charge is 0.131 e. The monoisotopic (exact) mass is 370 g/mol. The van der Waals surface area contributed by atoms with E-state index < -0.39 is 0 Å². The second-order valence-corrected chi connectivity index (χ2v) is 6.16. The van der Waals surface area contributed by atoms with Crippen LogP contribution in [0, 0.1) is 0 Å². The Bertz CT molecular complexity index is 992. The maximum atomic E-state index is 10.4. The molecule has 0 aliphatic heterocycles. The molecule has 3 aromatic carbocycles. The first-order valence-corrected chi connectivity index (χ1v) is 9.07. The van der Waals surface area contributed by atoms with Gasteiger partial charge in [0.15, 0.2) is 0 Å². The molecule has 4 heteroatoms. The minimum absolute atomic E-state index is 0.205. The van der Waals surface area contributed by atoms with Crippen molar-refractivity contribution in [1.29, 1.82) is 0 Å². The molecule has 0 heterocycles. The fourth-order valence-corrected chi connectivity index (χ4v) is 2.61. The van der Waals surface area contributed by atoms with Gasteiger partial charge in [0, 0.05) is 29.1 Å². The zero-order valence-electron chi connectivity index (χ0n) is 15.4. The highest BCUT2D eigenvalue weighted by atomic mass is 16.3. The Balaban J connectivity index is 1.58. The summed E-state index contributed by atoms with van der Waals surface area (Å²) in [7, 11) is 0. The summed E-state index contributed by atoms with van der Waals surface area (Å²) in [6.45, 7) is 0.993. The molecule has 0 saturated carbocycles. The molecule has 0 unspecified atom stereocenters. The molecule has 0 amide bonds. The molecule has 0 aliphatic carbocycles. The largest absolute Gasteiger partial charge is 0.507 e. The van der Waals surface area contributed by atoms with Crippen LogP contribution in [0.5, 0.6) is 11.5 Å². The number of nitrogens with zero attached hydrogens (tertiary/aromatic N) is 2. The van der Waals surface area contributed by atoms with Gasteiger partial charge in [0.2, 0.25) is 0 Å². The number of rotatable bonds is 7. The zero-order valence-corrected chi connectivity index (χ0v) is 15.4. The summed E-state index contributed by atoms with van der Waals surface area (Å²) in [4.78, 5) is 8.59. The Morgan fingerprint density at radius 3 is 1.96 bits per heavy atom. The van der Waals surface area contributed by atoms with E-state index in [9.17, 15) is 10.2 Å². The van der Waals surface area contributed by atoms with Crippen LogP contribution >= 0.6 is 0 Å². The zero-order chi connectivity index (χ0) is 19.6. The lowest BCUT2D eigenvalue weighted by atomic mass is 10.1. The maximum Gasteiger partial charge on any atom is 0.131 e. The summed E-state index contributed by atoms with van der Waals surface area (Å²) in [5, 5.41) is 20.1. The van der Waals surface area contributed by atoms with E-state index in [0.717, 1.165) is 11.1 Å². The van der Waals surface area contributed by atoms with E-state index in [1.807, 2.05) is 66.7 Å². The summed E-state index contributed by atoms with van der Waals surface area (Å²) in [6, 6.07) is 22.6. The van der Waals surface area contributed by atoms with Gasteiger partial charge in [-0.25, -0.2) is 0 Å². The van der Waals surface area contributed by atoms with Gasteiger partial charge >= 0.3 is 0 Å². The van der Waals surface area contributed by atoms with Gasteiger partial charge in [-0.15, -0.1) is 0 Å². The summed E-state index contributed by atoms with van der Waals surface area (Å²) < 4.78 is 0. The Morgan fingerprint density at radius 1 is 0.607 bits per heavy atom. The Kier molecular flexibility index (Phi) is 6.74. The Hall–Kier alpha value is -3.66. The molecule has 0 saturated heterocycles. The van der Waals surface area contributed by atoms with Gasteiger partial charge in [-0.3, -0.25) is 9.98 Å². The first-order chi connectivity index (χ1) is 13.7. The maximum absolute atomic E-state index is 10.4. The molecule has 0 spiro atoms. The average molecular weight is 370 g/mol. The van der Waals surface area contributed by atoms with Crippen molar-refractivity contribution in [3.8, 4) is 11.5 Å². The van der Waals surface area contributed by atoms with Crippen LogP contribution in [0.4, 0.5) is 0 Å². The number of aromatic hydroxyl groups is 2. The topological polar surface area (TPSA) is 65.2 Å². The minimum Gasteiger partial charge on any atom is -0.507 e. The van der Waals surface area contributed by atoms with Crippen molar-refractivity contribution in [2.75, 3.05) is 13.1 Å². The van der Waals surface area contributed by atoms with Crippen molar-refractivity contribution in [3.05, 3.63) is 95.1 Å². The third-order valence-electron chi connectivity index (χ3n) is 4.11. The van der Waals surface area contributed by atoms with Crippen LogP contribution in [0.1, 0.15) is 22.3 Å². The lowest BCUT2D eigenvalue weighted by Gasteiger charge is -2.03. The first-order valence-electron chi connectivity index (χ1n) is 9.07. The molecule has 2 N–H and O–H groups in total. The van der Waals surface area contributed by atoms with Crippen LogP contribution in [0.25, 0.3) is 12.2 Å². The molecule has 3 aromatic rings. The molecular formula is C24H22N2O2. The normalized spacial score (nSPS) is 11.7. The van der Waals surface area contributed by atoms with E-state index in [-0.39, 0.29) is 11.5 Å². The molecular weight excluding hydrogens is 348 g/mol. The summed E-state index contributed by atoms with van der Waals surface area (Å²) >= 11 is 0. The average Bonchev–Trinajstić information content (AvgIpc) is 2.73. The SMILES string of the molecule is Oc1ccccc1C=NCCN=Cc1cccc(/C=C/c2ccccc2)c1O. The van der Waals surface area contributed by atoms with Gasteiger partial charge in [-0.05, 0) is 23.8 Å². The molecule has 4 nitrogen and oxygen atoms in total. The molecule has 0 aromatic heterocycles. The van der Waals surface area contributed by atoms with Crippen LogP contribution in [0.15, 0.2) is 82.8 Å². The van der Waals surface area contributed by atoms with E-state index in [0.29, 0.717) is 24.2 Å². The van der Waals surface area contributed by atoms with Crippen LogP contribution in [0.2, 0.25) is 0 Å². The number of para-hydroxylation sites is 2. The fraction of sp³-hybridized carbons (Fsp3) is 0.0833. The number of phenolic OH excluding ortho intramolecular Hbond substituents is 2. The van der Waals surface area contributed by atoms with Crippen molar-refractivity contribution in [3.63, 3.8) is 0 Å². The number of aliphatic imine (C=N–C) groups is 2. The number of hydrogen-bond donors (Lipinski definition) is 2. The van der Waals surface area contributed by atoms with Gasteiger partial charge in [0.25, 0.3) is 0 Å². The molecule has 3 rings (SSSR count). The summed E-state index contributed by atoms with van der Waals surface area (Å²) in [6.07, 6.45) is 7.14. The molecule has 0 radical (unpaired) electrons. The van der Waals surface area contributed by atoms with Crippen molar-refractivity contribution in [2.24, 2.45) is 9.98 Å². The molecule has 0 atom stereocenters. The van der Waals surface area contributed by atoms with Crippen LogP contribution in [-0.4, -0.2) is 35.7 Å². The predicted molar refractivity (Wildman–Crippen MR) is 117 cm³/mol. The lowest BCUT2D eigenvalue weighted by molar-refractivity contribution is 0.473. The van der Waals surface area contributed by atoms with Crippen molar-refractivity contribution < 1.29 is 10.2 Å². The molecule has 0 aliphatic rings. The minimum atomic E-state index is 0.205. The third-order valence-corrected chi connectivity index (χ3v) is 4.11. The standard InChI is InChI=1S/C24H22N2O2/c27-23-12-5-4-9-21(23)17-25-15-16-26-18-22-11-6-10-20(24(22)28)14-13-19-7-2-1-3-8-19/h1-14,17-18,27-28H,15-16H2/b14-13+,25-17?,26-18?. The van der Waals surface area contributed by atoms with Crippen molar-refractivity contribution in [2.45, 2.75) is 0 Å². The van der Waals surface area contributed by atoms with Crippen molar-refractivity contribution in [1.82, 2.24) is 0 Å². The Morgan fingerprint density at radius 2 is 1.21 bits per heavy atom. The fourth-order valence-electron chi connectivity index (χ4n) is 2.61. The molecule has 28 heavy (non-hydrogen) atoms. The van der Waals surface area contributed by atoms with Crippen LogP contribution in [0.3, 0.4) is 0 Å². The summed E-state index contributed by atoms with van der Waals surface area (Å²) in [5.74, 6) is 0.413. The number of hydrogen-bond acceptors (Lipinski definition) is 4. The van der Waals surface area contributed by atoms with Gasteiger partial charge in [-0.2, -0.15) is 0 Å². The van der Waals surface area contributed by atoms with E-state index in [1.54, 1.807) is 30.6 Å². The summed E-state index contributed by atoms with van der Waals surface area (Å²) in [5.41, 5.74) is 3.16. The van der Waals surface area contributed by atoms with Gasteiger partial charge in [0.1, 0.15) is 11.5 Å². The lowest BCUT2D eigenvalue weighted by Crippen LogP contribution is -1.91.